The summed E-state index contributed by atoms with van der Waals surface area (Å²) in [6, 6.07) is 12.3. The Bertz CT molecular complexity index is 1320. The molecule has 0 amide bonds. The molecule has 0 heterocycles. The molecule has 218 valence electrons. The van der Waals surface area contributed by atoms with E-state index in [1.807, 2.05) is 39.0 Å². The molecule has 3 nitrogen and oxygen atoms in total. The summed E-state index contributed by atoms with van der Waals surface area (Å²) in [6.45, 7) is 27.7. The first kappa shape index (κ1) is 31.6. The summed E-state index contributed by atoms with van der Waals surface area (Å²) in [5.41, 5.74) is 8.47. The number of aryl methyl sites for hydroxylation is 3. The van der Waals surface area contributed by atoms with Gasteiger partial charge in [0.25, 0.3) is 0 Å². The molecule has 0 bridgehead atoms. The normalized spacial score (nSPS) is 13.7. The van der Waals surface area contributed by atoms with Gasteiger partial charge in [-0.05, 0) is 101 Å². The summed E-state index contributed by atoms with van der Waals surface area (Å²) in [6.07, 6.45) is 0.754. The second-order valence-electron chi connectivity index (χ2n) is 15.2. The van der Waals surface area contributed by atoms with Crippen LogP contribution in [0.3, 0.4) is 0 Å². The lowest BCUT2D eigenvalue weighted by Crippen LogP contribution is -2.23. The van der Waals surface area contributed by atoms with Crippen molar-refractivity contribution >= 4 is 0 Å². The van der Waals surface area contributed by atoms with Gasteiger partial charge in [-0.1, -0.05) is 87.4 Å². The summed E-state index contributed by atoms with van der Waals surface area (Å²) in [7, 11) is 0. The third-order valence-corrected chi connectivity index (χ3v) is 8.00. The van der Waals surface area contributed by atoms with Crippen LogP contribution in [-0.4, -0.2) is 15.3 Å². The molecule has 1 atom stereocenters. The van der Waals surface area contributed by atoms with E-state index < -0.39 is 0 Å². The van der Waals surface area contributed by atoms with Crippen molar-refractivity contribution in [2.45, 2.75) is 125 Å². The fourth-order valence-corrected chi connectivity index (χ4v) is 6.68. The molecule has 40 heavy (non-hydrogen) atoms. The van der Waals surface area contributed by atoms with Crippen LogP contribution in [-0.2, 0) is 16.2 Å². The van der Waals surface area contributed by atoms with Gasteiger partial charge in [-0.2, -0.15) is 0 Å². The van der Waals surface area contributed by atoms with E-state index in [0.29, 0.717) is 17.2 Å². The number of aromatic hydroxyl groups is 3. The van der Waals surface area contributed by atoms with Crippen LogP contribution in [0.4, 0.5) is 0 Å². The Morgan fingerprint density at radius 3 is 1.07 bits per heavy atom. The molecule has 0 aliphatic heterocycles. The Morgan fingerprint density at radius 1 is 0.500 bits per heavy atom. The SMILES string of the molecule is Cc1cc(O)c(C(C)(C)C)c(C(C)CC(c2cc(C)cc(O)c2C(C)(C)C)c2cc(C)cc(O)c2C(C)(C)C)c1. The number of phenolic OH excluding ortho intramolecular Hbond substituents is 3. The first-order valence-electron chi connectivity index (χ1n) is 14.6. The van der Waals surface area contributed by atoms with Crippen molar-refractivity contribution in [2.75, 3.05) is 0 Å². The van der Waals surface area contributed by atoms with E-state index in [1.165, 1.54) is 0 Å². The van der Waals surface area contributed by atoms with Crippen molar-refractivity contribution in [3.8, 4) is 17.2 Å². The number of rotatable bonds is 5. The molecule has 0 saturated heterocycles. The molecule has 3 aromatic rings. The van der Waals surface area contributed by atoms with Crippen molar-refractivity contribution in [3.63, 3.8) is 0 Å². The van der Waals surface area contributed by atoms with Crippen molar-refractivity contribution < 1.29 is 15.3 Å². The minimum atomic E-state index is -0.291. The van der Waals surface area contributed by atoms with Gasteiger partial charge in [0.2, 0.25) is 0 Å². The topological polar surface area (TPSA) is 60.7 Å². The molecule has 3 N–H and O–H groups in total. The van der Waals surface area contributed by atoms with Gasteiger partial charge in [0.1, 0.15) is 17.2 Å². The second-order valence-corrected chi connectivity index (χ2v) is 15.2. The highest BCUT2D eigenvalue weighted by molar-refractivity contribution is 5.56. The van der Waals surface area contributed by atoms with Crippen molar-refractivity contribution in [2.24, 2.45) is 0 Å². The molecule has 0 spiro atoms. The molecular weight excluding hydrogens is 492 g/mol. The second kappa shape index (κ2) is 10.8. The Hall–Kier alpha value is -2.94. The molecule has 0 aromatic heterocycles. The van der Waals surface area contributed by atoms with Gasteiger partial charge in [0, 0.05) is 22.6 Å². The van der Waals surface area contributed by atoms with Gasteiger partial charge in [-0.25, -0.2) is 0 Å². The highest BCUT2D eigenvalue weighted by Crippen LogP contribution is 2.49. The minimum absolute atomic E-state index is 0.0921. The number of hydrogen-bond donors (Lipinski definition) is 3. The van der Waals surface area contributed by atoms with Gasteiger partial charge in [-0.3, -0.25) is 0 Å². The van der Waals surface area contributed by atoms with E-state index in [0.717, 1.165) is 56.5 Å². The summed E-state index contributed by atoms with van der Waals surface area (Å²) in [5.74, 6) is 0.982. The molecule has 1 unspecified atom stereocenters. The third-order valence-electron chi connectivity index (χ3n) is 8.00. The van der Waals surface area contributed by atoms with Crippen molar-refractivity contribution in [1.29, 1.82) is 0 Å². The predicted molar refractivity (Wildman–Crippen MR) is 170 cm³/mol. The summed E-state index contributed by atoms with van der Waals surface area (Å²) in [4.78, 5) is 0. The Labute approximate surface area is 243 Å². The zero-order chi connectivity index (χ0) is 30.5. The van der Waals surface area contributed by atoms with Crippen LogP contribution < -0.4 is 0 Å². The maximum atomic E-state index is 11.3. The third kappa shape index (κ3) is 6.51. The molecule has 0 fully saturated rings. The highest BCUT2D eigenvalue weighted by Gasteiger charge is 2.34. The summed E-state index contributed by atoms with van der Waals surface area (Å²) >= 11 is 0. The smallest absolute Gasteiger partial charge is 0.119 e. The average Bonchev–Trinajstić information content (AvgIpc) is 2.72. The molecule has 0 radical (unpaired) electrons. The van der Waals surface area contributed by atoms with E-state index >= 15 is 0 Å². The van der Waals surface area contributed by atoms with E-state index in [4.69, 9.17) is 0 Å². The van der Waals surface area contributed by atoms with Crippen LogP contribution in [0.5, 0.6) is 17.2 Å². The van der Waals surface area contributed by atoms with Gasteiger partial charge in [-0.15, -0.1) is 0 Å². The lowest BCUT2D eigenvalue weighted by molar-refractivity contribution is 0.433. The van der Waals surface area contributed by atoms with Gasteiger partial charge >= 0.3 is 0 Å². The van der Waals surface area contributed by atoms with Crippen LogP contribution in [0, 0.1) is 20.8 Å². The van der Waals surface area contributed by atoms with E-state index in [9.17, 15) is 15.3 Å². The van der Waals surface area contributed by atoms with Crippen molar-refractivity contribution in [3.05, 3.63) is 86.5 Å². The van der Waals surface area contributed by atoms with Crippen molar-refractivity contribution in [1.82, 2.24) is 0 Å². The first-order chi connectivity index (χ1) is 18.1. The quantitative estimate of drug-likeness (QED) is 0.299. The monoisotopic (exact) mass is 544 g/mol. The van der Waals surface area contributed by atoms with Crippen LogP contribution >= 0.6 is 0 Å². The lowest BCUT2D eigenvalue weighted by atomic mass is 9.69. The highest BCUT2D eigenvalue weighted by atomic mass is 16.3. The van der Waals surface area contributed by atoms with Gasteiger partial charge in [0.05, 0.1) is 0 Å². The molecule has 0 aliphatic carbocycles. The van der Waals surface area contributed by atoms with Crippen LogP contribution in [0.1, 0.15) is 138 Å². The van der Waals surface area contributed by atoms with E-state index in [-0.39, 0.29) is 28.1 Å². The Balaban J connectivity index is 2.42. The maximum Gasteiger partial charge on any atom is 0.119 e. The molecule has 3 rings (SSSR count). The molecular formula is C37H52O3. The molecule has 0 aliphatic rings. The summed E-state index contributed by atoms with van der Waals surface area (Å²) in [5, 5.41) is 33.8. The predicted octanol–water partition coefficient (Wildman–Crippen LogP) is 9.95. The van der Waals surface area contributed by atoms with Crippen LogP contribution in [0.25, 0.3) is 0 Å². The largest absolute Gasteiger partial charge is 0.508 e. The molecule has 3 heteroatoms. The van der Waals surface area contributed by atoms with Gasteiger partial charge < -0.3 is 15.3 Å². The fourth-order valence-electron chi connectivity index (χ4n) is 6.68. The zero-order valence-corrected chi connectivity index (χ0v) is 27.2. The standard InChI is InChI=1S/C37H52O3/c1-21-14-25(32(29(38)17-21)35(5,6)7)24(4)20-26(27-15-22(2)18-30(39)33(27)36(8,9)10)28-16-23(3)19-31(40)34(28)37(11,12)13/h14-19,24,26,38-40H,20H2,1-13H3. The minimum Gasteiger partial charge on any atom is -0.508 e. The Morgan fingerprint density at radius 2 is 0.775 bits per heavy atom. The zero-order valence-electron chi connectivity index (χ0n) is 27.2. The van der Waals surface area contributed by atoms with E-state index in [2.05, 4.69) is 87.4 Å². The maximum absolute atomic E-state index is 11.3. The fraction of sp³-hybridized carbons (Fsp3) is 0.514. The van der Waals surface area contributed by atoms with Crippen LogP contribution in [0.15, 0.2) is 36.4 Å². The number of phenols is 3. The van der Waals surface area contributed by atoms with Crippen LogP contribution in [0.2, 0.25) is 0 Å². The van der Waals surface area contributed by atoms with E-state index in [1.54, 1.807) is 0 Å². The molecule has 3 aromatic carbocycles. The number of hydrogen-bond acceptors (Lipinski definition) is 3. The lowest BCUT2D eigenvalue weighted by Gasteiger charge is -2.35. The molecule has 0 saturated carbocycles. The average molecular weight is 545 g/mol. The van der Waals surface area contributed by atoms with Gasteiger partial charge in [0.15, 0.2) is 0 Å². The Kier molecular flexibility index (Phi) is 8.53. The number of benzene rings is 3. The summed E-state index contributed by atoms with van der Waals surface area (Å²) < 4.78 is 0. The first-order valence-corrected chi connectivity index (χ1v) is 14.6.